The van der Waals surface area contributed by atoms with E-state index in [0.717, 1.165) is 11.2 Å². The van der Waals surface area contributed by atoms with Gasteiger partial charge in [-0.2, -0.15) is 0 Å². The van der Waals surface area contributed by atoms with Crippen molar-refractivity contribution in [2.45, 2.75) is 12.5 Å². The lowest BCUT2D eigenvalue weighted by Gasteiger charge is -2.04. The number of hydrogen-bond donors (Lipinski definition) is 2. The summed E-state index contributed by atoms with van der Waals surface area (Å²) in [5, 5.41) is 0.542. The fraction of sp³-hybridized carbons (Fsp3) is 0.167. The largest absolute Gasteiger partial charge is 0.437 e. The van der Waals surface area contributed by atoms with Crippen LogP contribution in [0.15, 0.2) is 35.1 Å². The summed E-state index contributed by atoms with van der Waals surface area (Å²) in [4.78, 5) is 11.3. The van der Waals surface area contributed by atoms with Gasteiger partial charge in [0.05, 0.1) is 17.4 Å². The number of benzene rings is 1. The maximum absolute atomic E-state index is 6.05. The van der Waals surface area contributed by atoms with Crippen LogP contribution >= 0.6 is 11.6 Å². The second-order valence-electron chi connectivity index (χ2n) is 4.03. The average Bonchev–Trinajstić information content (AvgIpc) is 2.97. The molecule has 3 N–H and O–H groups in total. The summed E-state index contributed by atoms with van der Waals surface area (Å²) >= 11 is 6.03. The number of aromatic nitrogens is 3. The van der Waals surface area contributed by atoms with E-state index in [0.29, 0.717) is 22.9 Å². The highest BCUT2D eigenvalue weighted by Crippen LogP contribution is 2.26. The predicted octanol–water partition coefficient (Wildman–Crippen LogP) is 2.45. The van der Waals surface area contributed by atoms with Crippen LogP contribution in [-0.2, 0) is 6.42 Å². The van der Waals surface area contributed by atoms with Gasteiger partial charge in [-0.15, -0.1) is 0 Å². The number of H-pyrrole nitrogens is 1. The minimum Gasteiger partial charge on any atom is -0.437 e. The molecule has 6 heteroatoms. The summed E-state index contributed by atoms with van der Waals surface area (Å²) in [5.41, 5.74) is 8.29. The molecule has 1 unspecified atom stereocenters. The molecule has 3 rings (SSSR count). The van der Waals surface area contributed by atoms with E-state index in [1.807, 2.05) is 12.1 Å². The van der Waals surface area contributed by atoms with Crippen LogP contribution in [0.25, 0.3) is 11.1 Å². The molecule has 0 aliphatic rings. The van der Waals surface area contributed by atoms with Crippen molar-refractivity contribution in [3.8, 4) is 0 Å². The molecule has 1 aromatic carbocycles. The fourth-order valence-electron chi connectivity index (χ4n) is 1.81. The van der Waals surface area contributed by atoms with Gasteiger partial charge in [-0.1, -0.05) is 17.7 Å². The van der Waals surface area contributed by atoms with Crippen molar-refractivity contribution in [2.24, 2.45) is 5.73 Å². The topological polar surface area (TPSA) is 80.7 Å². The zero-order valence-corrected chi connectivity index (χ0v) is 10.2. The van der Waals surface area contributed by atoms with Crippen molar-refractivity contribution in [3.63, 3.8) is 0 Å². The molecule has 2 heterocycles. The van der Waals surface area contributed by atoms with Gasteiger partial charge in [0.25, 0.3) is 0 Å². The van der Waals surface area contributed by atoms with E-state index in [4.69, 9.17) is 21.8 Å². The lowest BCUT2D eigenvalue weighted by molar-refractivity contribution is 0.472. The quantitative estimate of drug-likeness (QED) is 0.760. The second-order valence-corrected chi connectivity index (χ2v) is 4.43. The highest BCUT2D eigenvalue weighted by molar-refractivity contribution is 6.34. The van der Waals surface area contributed by atoms with Crippen LogP contribution in [0.3, 0.4) is 0 Å². The lowest BCUT2D eigenvalue weighted by atomic mass is 10.2. The first-order chi connectivity index (χ1) is 8.74. The van der Waals surface area contributed by atoms with Crippen molar-refractivity contribution in [1.82, 2.24) is 15.0 Å². The molecule has 0 saturated heterocycles. The van der Waals surface area contributed by atoms with Crippen molar-refractivity contribution >= 4 is 22.7 Å². The van der Waals surface area contributed by atoms with E-state index >= 15 is 0 Å². The molecule has 0 saturated carbocycles. The fourth-order valence-corrected chi connectivity index (χ4v) is 2.02. The number of nitrogens with two attached hydrogens (primary N) is 1. The van der Waals surface area contributed by atoms with Gasteiger partial charge in [0.15, 0.2) is 5.58 Å². The number of nitrogens with one attached hydrogen (secondary N) is 1. The highest BCUT2D eigenvalue weighted by atomic mass is 35.5. The number of oxazole rings is 1. The Hall–Kier alpha value is -1.85. The predicted molar refractivity (Wildman–Crippen MR) is 68.2 cm³/mol. The van der Waals surface area contributed by atoms with Crippen LogP contribution in [0.2, 0.25) is 5.02 Å². The molecule has 0 aliphatic heterocycles. The number of fused-ring (bicyclic) bond motifs is 1. The van der Waals surface area contributed by atoms with Gasteiger partial charge in [-0.3, -0.25) is 0 Å². The minimum atomic E-state index is -0.325. The summed E-state index contributed by atoms with van der Waals surface area (Å²) in [6.07, 6.45) is 3.94. The molecule has 2 aromatic heterocycles. The van der Waals surface area contributed by atoms with Crippen LogP contribution in [-0.4, -0.2) is 15.0 Å². The molecule has 92 valence electrons. The molecule has 0 spiro atoms. The maximum Gasteiger partial charge on any atom is 0.212 e. The standard InChI is InChI=1S/C12H11ClN4O/c13-8-2-1-3-10-11(8)18-12(17-10)9(14)4-7-5-15-6-16-7/h1-3,5-6,9H,4,14H2,(H,15,16). The maximum atomic E-state index is 6.05. The Balaban J connectivity index is 1.92. The summed E-state index contributed by atoms with van der Waals surface area (Å²) in [6, 6.07) is 5.11. The van der Waals surface area contributed by atoms with Crippen LogP contribution in [0.5, 0.6) is 0 Å². The first kappa shape index (κ1) is 11.3. The molecular formula is C12H11ClN4O. The van der Waals surface area contributed by atoms with E-state index in [1.165, 1.54) is 0 Å². The monoisotopic (exact) mass is 262 g/mol. The van der Waals surface area contributed by atoms with Gasteiger partial charge in [0, 0.05) is 18.3 Å². The molecule has 0 fully saturated rings. The van der Waals surface area contributed by atoms with Gasteiger partial charge >= 0.3 is 0 Å². The number of rotatable bonds is 3. The molecule has 0 bridgehead atoms. The first-order valence-electron chi connectivity index (χ1n) is 5.52. The number of para-hydroxylation sites is 1. The Kier molecular flexibility index (Phi) is 2.77. The van der Waals surface area contributed by atoms with Gasteiger partial charge < -0.3 is 15.1 Å². The van der Waals surface area contributed by atoms with Gasteiger partial charge in [-0.25, -0.2) is 9.97 Å². The van der Waals surface area contributed by atoms with E-state index in [-0.39, 0.29) is 6.04 Å². The Morgan fingerprint density at radius 2 is 2.33 bits per heavy atom. The Morgan fingerprint density at radius 3 is 3.06 bits per heavy atom. The molecule has 0 amide bonds. The SMILES string of the molecule is NC(Cc1cnc[nH]1)c1nc2cccc(Cl)c2o1. The molecule has 5 nitrogen and oxygen atoms in total. The van der Waals surface area contributed by atoms with E-state index in [9.17, 15) is 0 Å². The van der Waals surface area contributed by atoms with Gasteiger partial charge in [0.2, 0.25) is 5.89 Å². The number of imidazole rings is 1. The first-order valence-corrected chi connectivity index (χ1v) is 5.89. The van der Waals surface area contributed by atoms with Crippen molar-refractivity contribution < 1.29 is 4.42 Å². The average molecular weight is 263 g/mol. The van der Waals surface area contributed by atoms with E-state index in [1.54, 1.807) is 18.6 Å². The number of aromatic amines is 1. The Bertz CT molecular complexity index is 662. The third-order valence-electron chi connectivity index (χ3n) is 2.70. The number of hydrogen-bond acceptors (Lipinski definition) is 4. The summed E-state index contributed by atoms with van der Waals surface area (Å²) in [6.45, 7) is 0. The van der Waals surface area contributed by atoms with Crippen LogP contribution < -0.4 is 5.73 Å². The molecule has 0 radical (unpaired) electrons. The van der Waals surface area contributed by atoms with Crippen LogP contribution in [0.1, 0.15) is 17.6 Å². The van der Waals surface area contributed by atoms with Crippen LogP contribution in [0, 0.1) is 0 Å². The molecule has 1 atom stereocenters. The molecular weight excluding hydrogens is 252 g/mol. The second kappa shape index (κ2) is 4.44. The van der Waals surface area contributed by atoms with Crippen LogP contribution in [0.4, 0.5) is 0 Å². The normalized spacial score (nSPS) is 13.0. The van der Waals surface area contributed by atoms with Crippen molar-refractivity contribution in [1.29, 1.82) is 0 Å². The number of nitrogens with zero attached hydrogens (tertiary/aromatic N) is 2. The molecule has 0 aliphatic carbocycles. The van der Waals surface area contributed by atoms with Gasteiger partial charge in [-0.05, 0) is 12.1 Å². The smallest absolute Gasteiger partial charge is 0.212 e. The van der Waals surface area contributed by atoms with Crippen molar-refractivity contribution in [3.05, 3.63) is 47.3 Å². The zero-order chi connectivity index (χ0) is 12.5. The number of halogens is 1. The molecule has 3 aromatic rings. The van der Waals surface area contributed by atoms with E-state index < -0.39 is 0 Å². The summed E-state index contributed by atoms with van der Waals surface area (Å²) in [7, 11) is 0. The lowest BCUT2D eigenvalue weighted by Crippen LogP contribution is -2.13. The van der Waals surface area contributed by atoms with E-state index in [2.05, 4.69) is 15.0 Å². The Labute approximate surface area is 108 Å². The third-order valence-corrected chi connectivity index (χ3v) is 2.99. The Morgan fingerprint density at radius 1 is 1.44 bits per heavy atom. The minimum absolute atomic E-state index is 0.325. The summed E-state index contributed by atoms with van der Waals surface area (Å²) < 4.78 is 5.61. The van der Waals surface area contributed by atoms with Crippen molar-refractivity contribution in [2.75, 3.05) is 0 Å². The van der Waals surface area contributed by atoms with Gasteiger partial charge in [0.1, 0.15) is 5.52 Å². The summed E-state index contributed by atoms with van der Waals surface area (Å²) in [5.74, 6) is 0.479. The zero-order valence-electron chi connectivity index (χ0n) is 9.43. The highest BCUT2D eigenvalue weighted by Gasteiger charge is 2.16. The third kappa shape index (κ3) is 1.98. The molecule has 18 heavy (non-hydrogen) atoms.